The summed E-state index contributed by atoms with van der Waals surface area (Å²) in [4.78, 5) is 26.5. The zero-order chi connectivity index (χ0) is 20.3. The van der Waals surface area contributed by atoms with E-state index in [0.29, 0.717) is 22.3 Å². The predicted octanol–water partition coefficient (Wildman–Crippen LogP) is 2.99. The summed E-state index contributed by atoms with van der Waals surface area (Å²) >= 11 is 12.1. The van der Waals surface area contributed by atoms with Crippen molar-refractivity contribution in [3.63, 3.8) is 0 Å². The van der Waals surface area contributed by atoms with Gasteiger partial charge in [0, 0.05) is 13.6 Å². The summed E-state index contributed by atoms with van der Waals surface area (Å²) < 4.78 is 13.2. The molecule has 1 aliphatic rings. The third kappa shape index (κ3) is 4.62. The van der Waals surface area contributed by atoms with E-state index in [1.54, 1.807) is 37.4 Å². The van der Waals surface area contributed by atoms with Gasteiger partial charge in [0.2, 0.25) is 11.8 Å². The number of halogens is 3. The Labute approximate surface area is 172 Å². The Balaban J connectivity index is 1.65. The number of hydrazine groups is 1. The maximum Gasteiger partial charge on any atom is 0.244 e. The second kappa shape index (κ2) is 8.87. The molecule has 1 fully saturated rings. The molecule has 1 aliphatic heterocycles. The van der Waals surface area contributed by atoms with Crippen molar-refractivity contribution in [2.24, 2.45) is 5.92 Å². The lowest BCUT2D eigenvalue weighted by atomic mass is 9.94. The Hall–Kier alpha value is -2.19. The number of para-hydroxylation sites is 1. The second-order valence-corrected chi connectivity index (χ2v) is 7.31. The van der Waals surface area contributed by atoms with Gasteiger partial charge in [0.15, 0.2) is 0 Å². The number of rotatable bonds is 5. The molecule has 0 bridgehead atoms. The molecule has 0 spiro atoms. The van der Waals surface area contributed by atoms with Gasteiger partial charge < -0.3 is 10.2 Å². The lowest BCUT2D eigenvalue weighted by Gasteiger charge is -2.24. The number of anilines is 1. The Morgan fingerprint density at radius 1 is 1.18 bits per heavy atom. The monoisotopic (exact) mass is 424 g/mol. The average Bonchev–Trinajstić information content (AvgIpc) is 3.14. The van der Waals surface area contributed by atoms with Gasteiger partial charge in [-0.1, -0.05) is 41.4 Å². The van der Waals surface area contributed by atoms with Crippen molar-refractivity contribution in [2.45, 2.75) is 6.04 Å². The first-order chi connectivity index (χ1) is 13.4. The number of hydrogen-bond donors (Lipinski definition) is 3. The molecule has 1 saturated heterocycles. The van der Waals surface area contributed by atoms with Crippen LogP contribution < -0.4 is 16.2 Å². The molecule has 28 heavy (non-hydrogen) atoms. The molecule has 0 aromatic heterocycles. The maximum atomic E-state index is 13.2. The normalized spacial score (nSPS) is 18.7. The molecule has 2 unspecified atom stereocenters. The minimum absolute atomic E-state index is 0.160. The molecule has 2 aromatic carbocycles. The molecule has 2 aromatic rings. The molecule has 0 radical (unpaired) electrons. The molecular formula is C19H19Cl2FN4O2. The first kappa shape index (κ1) is 20.5. The van der Waals surface area contributed by atoms with Crippen molar-refractivity contribution >= 4 is 40.7 Å². The van der Waals surface area contributed by atoms with Crippen LogP contribution >= 0.6 is 23.2 Å². The highest BCUT2D eigenvalue weighted by Gasteiger charge is 2.36. The lowest BCUT2D eigenvalue weighted by Crippen LogP contribution is -2.41. The van der Waals surface area contributed by atoms with Gasteiger partial charge in [-0.15, -0.1) is 0 Å². The SMILES string of the molecule is CN(CC(=O)Nc1c(Cl)cccc1Cl)C(=O)C1CNNC1c1ccc(F)cc1. The number of benzene rings is 2. The van der Waals surface area contributed by atoms with E-state index in [9.17, 15) is 14.0 Å². The number of hydrogen-bond acceptors (Lipinski definition) is 4. The van der Waals surface area contributed by atoms with E-state index >= 15 is 0 Å². The van der Waals surface area contributed by atoms with Gasteiger partial charge in [-0.3, -0.25) is 15.0 Å². The van der Waals surface area contributed by atoms with Crippen molar-refractivity contribution < 1.29 is 14.0 Å². The van der Waals surface area contributed by atoms with Gasteiger partial charge in [0.05, 0.1) is 34.2 Å². The molecule has 9 heteroatoms. The first-order valence-electron chi connectivity index (χ1n) is 8.59. The molecule has 3 rings (SSSR count). The van der Waals surface area contributed by atoms with Crippen molar-refractivity contribution in [3.8, 4) is 0 Å². The fourth-order valence-electron chi connectivity index (χ4n) is 3.09. The minimum atomic E-state index is -0.438. The maximum absolute atomic E-state index is 13.2. The summed E-state index contributed by atoms with van der Waals surface area (Å²) in [6, 6.07) is 10.5. The minimum Gasteiger partial charge on any atom is -0.336 e. The number of carbonyl (C=O) groups is 2. The predicted molar refractivity (Wildman–Crippen MR) is 106 cm³/mol. The van der Waals surface area contributed by atoms with Crippen LogP contribution in [0.5, 0.6) is 0 Å². The van der Waals surface area contributed by atoms with Gasteiger partial charge in [-0.05, 0) is 29.8 Å². The quantitative estimate of drug-likeness (QED) is 0.689. The van der Waals surface area contributed by atoms with E-state index in [1.165, 1.54) is 17.0 Å². The van der Waals surface area contributed by atoms with E-state index < -0.39 is 11.8 Å². The van der Waals surface area contributed by atoms with E-state index in [1.807, 2.05) is 0 Å². The van der Waals surface area contributed by atoms with E-state index in [2.05, 4.69) is 16.2 Å². The molecular weight excluding hydrogens is 406 g/mol. The van der Waals surface area contributed by atoms with Gasteiger partial charge in [0.25, 0.3) is 0 Å². The van der Waals surface area contributed by atoms with Gasteiger partial charge in [0.1, 0.15) is 5.82 Å². The van der Waals surface area contributed by atoms with Crippen LogP contribution in [0, 0.1) is 11.7 Å². The third-order valence-corrected chi connectivity index (χ3v) is 5.14. The molecule has 0 aliphatic carbocycles. The first-order valence-corrected chi connectivity index (χ1v) is 9.35. The molecule has 6 nitrogen and oxygen atoms in total. The van der Waals surface area contributed by atoms with Crippen LogP contribution in [0.25, 0.3) is 0 Å². The number of likely N-dealkylation sites (N-methyl/N-ethyl adjacent to an activating group) is 1. The van der Waals surface area contributed by atoms with E-state index in [0.717, 1.165) is 5.56 Å². The summed E-state index contributed by atoms with van der Waals surface area (Å²) in [7, 11) is 1.55. The molecule has 148 valence electrons. The molecule has 0 saturated carbocycles. The zero-order valence-electron chi connectivity index (χ0n) is 15.0. The third-order valence-electron chi connectivity index (χ3n) is 4.51. The molecule has 3 N–H and O–H groups in total. The standard InChI is InChI=1S/C19H19Cl2FN4O2/c1-26(10-16(27)24-18-14(20)3-2-4-15(18)21)19(28)13-9-23-25-17(13)11-5-7-12(22)8-6-11/h2-8,13,17,23,25H,9-10H2,1H3,(H,24,27). The number of carbonyl (C=O) groups excluding carboxylic acids is 2. The topological polar surface area (TPSA) is 73.5 Å². The Bertz CT molecular complexity index is 858. The zero-order valence-corrected chi connectivity index (χ0v) is 16.5. The number of nitrogens with zero attached hydrogens (tertiary/aromatic N) is 1. The smallest absolute Gasteiger partial charge is 0.244 e. The van der Waals surface area contributed by atoms with Crippen molar-refractivity contribution in [1.82, 2.24) is 15.8 Å². The second-order valence-electron chi connectivity index (χ2n) is 6.50. The largest absolute Gasteiger partial charge is 0.336 e. The van der Waals surface area contributed by atoms with Gasteiger partial charge in [-0.25, -0.2) is 9.82 Å². The van der Waals surface area contributed by atoms with E-state index in [4.69, 9.17) is 23.2 Å². The average molecular weight is 425 g/mol. The fraction of sp³-hybridized carbons (Fsp3) is 0.263. The van der Waals surface area contributed by atoms with Gasteiger partial charge in [-0.2, -0.15) is 0 Å². The number of amides is 2. The van der Waals surface area contributed by atoms with Crippen LogP contribution in [-0.4, -0.2) is 36.9 Å². The fourth-order valence-corrected chi connectivity index (χ4v) is 3.58. The molecule has 1 heterocycles. The Kier molecular flexibility index (Phi) is 6.51. The summed E-state index contributed by atoms with van der Waals surface area (Å²) in [5.74, 6) is -1.41. The van der Waals surface area contributed by atoms with Crippen LogP contribution in [0.2, 0.25) is 10.0 Å². The Morgan fingerprint density at radius 2 is 1.82 bits per heavy atom. The summed E-state index contributed by atoms with van der Waals surface area (Å²) in [5.41, 5.74) is 7.08. The van der Waals surface area contributed by atoms with Crippen molar-refractivity contribution in [3.05, 3.63) is 63.9 Å². The summed E-state index contributed by atoms with van der Waals surface area (Å²) in [5, 5.41) is 3.26. The van der Waals surface area contributed by atoms with E-state index in [-0.39, 0.29) is 24.3 Å². The highest BCUT2D eigenvalue weighted by atomic mass is 35.5. The van der Waals surface area contributed by atoms with Crippen LogP contribution in [0.15, 0.2) is 42.5 Å². The number of nitrogens with one attached hydrogen (secondary N) is 3. The van der Waals surface area contributed by atoms with Crippen LogP contribution in [0.3, 0.4) is 0 Å². The van der Waals surface area contributed by atoms with Crippen molar-refractivity contribution in [2.75, 3.05) is 25.5 Å². The molecule has 2 amide bonds. The highest BCUT2D eigenvalue weighted by Crippen LogP contribution is 2.30. The van der Waals surface area contributed by atoms with Gasteiger partial charge >= 0.3 is 0 Å². The van der Waals surface area contributed by atoms with Crippen LogP contribution in [-0.2, 0) is 9.59 Å². The molecule has 2 atom stereocenters. The summed E-state index contributed by atoms with van der Waals surface area (Å²) in [6.07, 6.45) is 0. The van der Waals surface area contributed by atoms with Crippen LogP contribution in [0.1, 0.15) is 11.6 Å². The Morgan fingerprint density at radius 3 is 2.46 bits per heavy atom. The summed E-state index contributed by atoms with van der Waals surface area (Å²) in [6.45, 7) is 0.232. The lowest BCUT2D eigenvalue weighted by molar-refractivity contribution is -0.136. The highest BCUT2D eigenvalue weighted by molar-refractivity contribution is 6.39. The van der Waals surface area contributed by atoms with Crippen LogP contribution in [0.4, 0.5) is 10.1 Å². The van der Waals surface area contributed by atoms with Crippen molar-refractivity contribution in [1.29, 1.82) is 0 Å².